The Kier molecular flexibility index (Phi) is 10.5. The fourth-order valence-corrected chi connectivity index (χ4v) is 4.45. The summed E-state index contributed by atoms with van der Waals surface area (Å²) in [6, 6.07) is 12.0. The molecule has 0 bridgehead atoms. The number of methoxy groups -OCH3 is 2. The van der Waals surface area contributed by atoms with Crippen LogP contribution in [0.25, 0.3) is 17.0 Å². The van der Waals surface area contributed by atoms with Crippen molar-refractivity contribution in [2.24, 2.45) is 20.5 Å². The van der Waals surface area contributed by atoms with Gasteiger partial charge in [-0.3, -0.25) is 24.6 Å². The predicted molar refractivity (Wildman–Crippen MR) is 171 cm³/mol. The van der Waals surface area contributed by atoms with E-state index in [1.165, 1.54) is 20.3 Å². The number of nitrogens with one attached hydrogen (secondary N) is 2. The van der Waals surface area contributed by atoms with Gasteiger partial charge in [0.15, 0.2) is 5.78 Å². The smallest absolute Gasteiger partial charge is 0.375 e. The average Bonchev–Trinajstić information content (AvgIpc) is 3.94. The zero-order valence-corrected chi connectivity index (χ0v) is 26.7. The average molecular weight is 685 g/mol. The number of benzene rings is 2. The number of hydrogen-bond donors (Lipinski definition) is 3. The Morgan fingerprint density at radius 3 is 2.16 bits per heavy atom. The minimum Gasteiger partial charge on any atom is -0.466 e. The van der Waals surface area contributed by atoms with Gasteiger partial charge in [0.05, 0.1) is 51.0 Å². The number of esters is 3. The maximum absolute atomic E-state index is 12.2. The Morgan fingerprint density at radius 1 is 0.860 bits per heavy atom. The molecular formula is C30H28N12O8. The molecule has 2 aliphatic rings. The van der Waals surface area contributed by atoms with Crippen LogP contribution in [0.5, 0.6) is 0 Å². The van der Waals surface area contributed by atoms with Gasteiger partial charge >= 0.3 is 17.9 Å². The van der Waals surface area contributed by atoms with E-state index in [0.29, 0.717) is 24.3 Å². The topological polar surface area (TPSA) is 276 Å². The van der Waals surface area contributed by atoms with Crippen LogP contribution in [0.4, 0.5) is 17.3 Å². The molecule has 3 aromatic heterocycles. The molecule has 0 radical (unpaired) electrons. The number of nitrogen functional groups attached to an aromatic ring is 1. The van der Waals surface area contributed by atoms with E-state index in [0.717, 1.165) is 32.6 Å². The van der Waals surface area contributed by atoms with E-state index in [1.54, 1.807) is 25.1 Å². The van der Waals surface area contributed by atoms with Crippen molar-refractivity contribution in [1.82, 2.24) is 34.8 Å². The molecule has 5 aromatic rings. The number of rotatable bonds is 7. The third kappa shape index (κ3) is 7.93. The minimum absolute atomic E-state index is 0.0139. The van der Waals surface area contributed by atoms with Gasteiger partial charge in [0.1, 0.15) is 6.42 Å². The van der Waals surface area contributed by atoms with Gasteiger partial charge < -0.3 is 19.9 Å². The van der Waals surface area contributed by atoms with Gasteiger partial charge in [-0.2, -0.15) is 34.9 Å². The molecule has 0 saturated heterocycles. The zero-order chi connectivity index (χ0) is 35.8. The lowest BCUT2D eigenvalue weighted by molar-refractivity contribution is -0.141. The molecule has 0 unspecified atom stereocenters. The molecule has 0 aliphatic carbocycles. The number of H-pyrrole nitrogens is 2. The molecule has 7 rings (SSSR count). The number of nitrogens with two attached hydrogens (primary N) is 1. The first kappa shape index (κ1) is 34.3. The lowest BCUT2D eigenvalue weighted by atomic mass is 10.0. The molecule has 0 spiro atoms. The number of aromatic nitrogens is 7. The van der Waals surface area contributed by atoms with Crippen LogP contribution < -0.4 is 11.3 Å². The van der Waals surface area contributed by atoms with Gasteiger partial charge in [0.2, 0.25) is 17.6 Å². The van der Waals surface area contributed by atoms with Gasteiger partial charge in [-0.1, -0.05) is 6.07 Å². The molecule has 0 atom stereocenters. The van der Waals surface area contributed by atoms with Crippen molar-refractivity contribution in [1.29, 1.82) is 0 Å². The summed E-state index contributed by atoms with van der Waals surface area (Å²) in [5, 5.41) is 24.0. The van der Waals surface area contributed by atoms with Gasteiger partial charge in [0.25, 0.3) is 11.3 Å². The van der Waals surface area contributed by atoms with Gasteiger partial charge in [-0.05, 0) is 37.3 Å². The summed E-state index contributed by atoms with van der Waals surface area (Å²) in [6.45, 7) is 3.00. The summed E-state index contributed by atoms with van der Waals surface area (Å²) < 4.78 is 14.7. The van der Waals surface area contributed by atoms with E-state index in [4.69, 9.17) is 10.5 Å². The van der Waals surface area contributed by atoms with Crippen LogP contribution >= 0.6 is 0 Å². The number of carbonyl (C=O) groups is 4. The van der Waals surface area contributed by atoms with Crippen molar-refractivity contribution in [3.63, 3.8) is 0 Å². The number of nitrogens with zero attached hydrogens (tertiary/aromatic N) is 9. The highest BCUT2D eigenvalue weighted by atomic mass is 16.5. The second kappa shape index (κ2) is 15.3. The molecule has 0 saturated carbocycles. The van der Waals surface area contributed by atoms with E-state index < -0.39 is 17.9 Å². The third-order valence-electron chi connectivity index (χ3n) is 6.82. The Bertz CT molecular complexity index is 2220. The third-order valence-corrected chi connectivity index (χ3v) is 6.82. The fraction of sp³-hybridized carbons (Fsp3) is 0.233. The van der Waals surface area contributed by atoms with Crippen LogP contribution in [0.3, 0.4) is 0 Å². The molecular weight excluding hydrogens is 656 g/mol. The van der Waals surface area contributed by atoms with E-state index in [-0.39, 0.29) is 47.7 Å². The van der Waals surface area contributed by atoms with Crippen LogP contribution in [0.2, 0.25) is 0 Å². The highest BCUT2D eigenvalue weighted by Gasteiger charge is 2.17. The van der Waals surface area contributed by atoms with Crippen molar-refractivity contribution in [2.45, 2.75) is 26.4 Å². The van der Waals surface area contributed by atoms with Crippen molar-refractivity contribution >= 4 is 46.8 Å². The van der Waals surface area contributed by atoms with Crippen LogP contribution in [0.15, 0.2) is 67.7 Å². The van der Waals surface area contributed by atoms with E-state index in [9.17, 15) is 24.0 Å². The zero-order valence-electron chi connectivity index (χ0n) is 26.7. The molecule has 5 heterocycles. The Labute approximate surface area is 280 Å². The van der Waals surface area contributed by atoms with Crippen molar-refractivity contribution in [3.05, 3.63) is 81.2 Å². The van der Waals surface area contributed by atoms with Crippen LogP contribution in [0, 0.1) is 0 Å². The number of fused-ring (bicyclic) bond motifs is 3. The van der Waals surface area contributed by atoms with E-state index >= 15 is 0 Å². The Hall–Kier alpha value is -6.99. The first-order valence-electron chi connectivity index (χ1n) is 14.6. The quantitative estimate of drug-likeness (QED) is 0.0963. The summed E-state index contributed by atoms with van der Waals surface area (Å²) in [7, 11) is 2.48. The monoisotopic (exact) mass is 684 g/mol. The number of ether oxygens (including phenoxy) is 3. The highest BCUT2D eigenvalue weighted by Crippen LogP contribution is 2.30. The van der Waals surface area contributed by atoms with Crippen molar-refractivity contribution in [3.8, 4) is 11.3 Å². The summed E-state index contributed by atoms with van der Waals surface area (Å²) in [6.07, 6.45) is -0.221. The number of hydrogen-bond acceptors (Lipinski definition) is 17. The first-order valence-corrected chi connectivity index (χ1v) is 14.6. The molecule has 2 aliphatic heterocycles. The first-order chi connectivity index (χ1) is 24.1. The lowest BCUT2D eigenvalue weighted by Crippen LogP contribution is -2.15. The van der Waals surface area contributed by atoms with Gasteiger partial charge in [0, 0.05) is 28.3 Å². The molecule has 0 amide bonds. The highest BCUT2D eigenvalue weighted by molar-refractivity contribution is 6.06. The molecule has 20 heteroatoms. The van der Waals surface area contributed by atoms with E-state index in [1.807, 2.05) is 18.2 Å². The number of Topliss-reactive ketones (excluding diaryl/α,β-unsaturated/α-hetero) is 1. The van der Waals surface area contributed by atoms with Crippen molar-refractivity contribution < 1.29 is 33.4 Å². The predicted octanol–water partition coefficient (Wildman–Crippen LogP) is 3.06. The second-order valence-corrected chi connectivity index (χ2v) is 10.1. The largest absolute Gasteiger partial charge is 0.466 e. The molecule has 2 aromatic carbocycles. The molecule has 4 N–H and O–H groups in total. The number of azo groups is 2. The molecule has 50 heavy (non-hydrogen) atoms. The molecule has 20 nitrogen and oxygen atoms in total. The minimum atomic E-state index is -0.669. The lowest BCUT2D eigenvalue weighted by Gasteiger charge is -2.03. The summed E-state index contributed by atoms with van der Waals surface area (Å²) in [4.78, 5) is 69.1. The van der Waals surface area contributed by atoms with Crippen LogP contribution in [-0.2, 0) is 32.1 Å². The maximum Gasteiger partial charge on any atom is 0.375 e. The summed E-state index contributed by atoms with van der Waals surface area (Å²) in [5.41, 5.74) is 9.97. The fourth-order valence-electron chi connectivity index (χ4n) is 4.45. The number of ketones is 1. The van der Waals surface area contributed by atoms with Crippen molar-refractivity contribution in [2.75, 3.05) is 26.6 Å². The number of anilines is 1. The SMILES string of the molecule is CCOC(=O)CC(=O)c1ccc2c(c1)CN=N2.COC(=O)c1nc(N)n[nH]1.COC(=O)c1nc2nc(-c3ccc4c(c3)CN=N4)cc(=O)n2[nH]1. The Morgan fingerprint density at radius 2 is 1.52 bits per heavy atom. The summed E-state index contributed by atoms with van der Waals surface area (Å²) in [5.74, 6) is -1.92. The van der Waals surface area contributed by atoms with E-state index in [2.05, 4.69) is 60.2 Å². The van der Waals surface area contributed by atoms with Crippen LogP contribution in [-0.4, -0.2) is 79.3 Å². The van der Waals surface area contributed by atoms with Gasteiger partial charge in [-0.15, -0.1) is 5.10 Å². The maximum atomic E-state index is 12.2. The molecule has 256 valence electrons. The van der Waals surface area contributed by atoms with Crippen LogP contribution in [0.1, 0.15) is 56.1 Å². The van der Waals surface area contributed by atoms with Gasteiger partial charge in [-0.25, -0.2) is 14.6 Å². The number of aromatic amines is 2. The second-order valence-electron chi connectivity index (χ2n) is 10.1. The Balaban J connectivity index is 0.000000158. The normalized spacial score (nSPS) is 11.8. The number of carbonyl (C=O) groups excluding carboxylic acids is 4. The standard InChI is InChI=1S/C14H10N6O3.C12H12N2O3.C4H6N4O2/c1-23-13(22)12-17-14-16-10(5-11(21)20(14)19-12)7-2-3-9-8(4-7)6-15-18-9;1-2-17-12(16)6-11(15)8-3-4-10-9(5-8)7-13-14-10;1-10-3(9)2-6-4(5)8-7-2/h2-5H,6H2,1H3,(H,16,17,19);3-5H,2,6-7H2,1H3;1H3,(H3,5,6,7,8). The molecule has 0 fully saturated rings. The summed E-state index contributed by atoms with van der Waals surface area (Å²) >= 11 is 0.